The van der Waals surface area contributed by atoms with Crippen LogP contribution in [0, 0.1) is 5.92 Å². The number of nitrogens with zero attached hydrogens (tertiary/aromatic N) is 3. The predicted molar refractivity (Wildman–Crippen MR) is 118 cm³/mol. The van der Waals surface area contributed by atoms with E-state index in [1.807, 2.05) is 13.2 Å². The third-order valence-corrected chi connectivity index (χ3v) is 5.43. The third-order valence-electron chi connectivity index (χ3n) is 5.43. The van der Waals surface area contributed by atoms with Crippen LogP contribution in [0.1, 0.15) is 25.5 Å². The molecule has 4 rings (SSSR count). The molecule has 1 aliphatic carbocycles. The number of fused-ring (bicyclic) bond motifs is 1. The van der Waals surface area contributed by atoms with Crippen molar-refractivity contribution in [2.24, 2.45) is 10.9 Å². The van der Waals surface area contributed by atoms with E-state index in [2.05, 4.69) is 62.8 Å². The van der Waals surface area contributed by atoms with E-state index >= 15 is 0 Å². The van der Waals surface area contributed by atoms with Gasteiger partial charge in [0.25, 0.3) is 0 Å². The van der Waals surface area contributed by atoms with Gasteiger partial charge in [-0.25, -0.2) is 0 Å². The van der Waals surface area contributed by atoms with E-state index in [1.165, 1.54) is 30.2 Å². The van der Waals surface area contributed by atoms with Gasteiger partial charge in [-0.3, -0.25) is 14.9 Å². The first-order valence-corrected chi connectivity index (χ1v) is 9.28. The van der Waals surface area contributed by atoms with Crippen LogP contribution >= 0.6 is 24.0 Å². The quantitative estimate of drug-likeness (QED) is 0.414. The number of aromatic nitrogens is 1. The average molecular weight is 465 g/mol. The minimum Gasteiger partial charge on any atom is -0.352 e. The molecule has 140 valence electrons. The van der Waals surface area contributed by atoms with Gasteiger partial charge in [0.2, 0.25) is 0 Å². The van der Waals surface area contributed by atoms with Gasteiger partial charge < -0.3 is 10.6 Å². The molecular formula is C20H28IN5. The number of benzene rings is 1. The standard InChI is InChI=1S/C20H27N5.HI/c1-14-12-25(16-7-8-16)13-19(14)24-20(21-2)23-11-18-17-6-4-3-5-15(17)9-10-22-18;/h3-6,9-10,14,16,19H,7-8,11-13H2,1-2H3,(H2,21,23,24);1H. The van der Waals surface area contributed by atoms with Gasteiger partial charge in [-0.1, -0.05) is 31.2 Å². The second-order valence-electron chi connectivity index (χ2n) is 7.32. The molecule has 1 aromatic heterocycles. The van der Waals surface area contributed by atoms with E-state index in [0.29, 0.717) is 18.5 Å². The molecule has 0 radical (unpaired) electrons. The van der Waals surface area contributed by atoms with Crippen molar-refractivity contribution < 1.29 is 0 Å². The number of likely N-dealkylation sites (tertiary alicyclic amines) is 1. The Bertz CT molecular complexity index is 768. The number of rotatable bonds is 4. The first-order chi connectivity index (χ1) is 12.2. The van der Waals surface area contributed by atoms with Crippen LogP contribution < -0.4 is 10.6 Å². The lowest BCUT2D eigenvalue weighted by Crippen LogP contribution is -2.46. The number of pyridine rings is 1. The second kappa shape index (κ2) is 8.52. The summed E-state index contributed by atoms with van der Waals surface area (Å²) in [6.45, 7) is 5.33. The van der Waals surface area contributed by atoms with Gasteiger partial charge in [0, 0.05) is 43.8 Å². The van der Waals surface area contributed by atoms with Crippen molar-refractivity contribution in [2.45, 2.75) is 38.4 Å². The summed E-state index contributed by atoms with van der Waals surface area (Å²) >= 11 is 0. The SMILES string of the molecule is CN=C(NCc1nccc2ccccc12)NC1CN(C2CC2)CC1C.I. The Morgan fingerprint density at radius 1 is 1.23 bits per heavy atom. The number of halogens is 1. The fourth-order valence-corrected chi connectivity index (χ4v) is 3.79. The number of hydrogen-bond acceptors (Lipinski definition) is 3. The van der Waals surface area contributed by atoms with Crippen molar-refractivity contribution in [3.8, 4) is 0 Å². The molecule has 0 bridgehead atoms. The van der Waals surface area contributed by atoms with Gasteiger partial charge >= 0.3 is 0 Å². The van der Waals surface area contributed by atoms with E-state index in [0.717, 1.165) is 24.2 Å². The van der Waals surface area contributed by atoms with Gasteiger partial charge in [-0.2, -0.15) is 0 Å². The molecule has 2 aromatic rings. The maximum atomic E-state index is 4.55. The smallest absolute Gasteiger partial charge is 0.191 e. The number of guanidine groups is 1. The van der Waals surface area contributed by atoms with Crippen LogP contribution in [0.3, 0.4) is 0 Å². The molecule has 1 saturated heterocycles. The van der Waals surface area contributed by atoms with Gasteiger partial charge in [0.05, 0.1) is 12.2 Å². The Balaban J connectivity index is 0.00000196. The fourth-order valence-electron chi connectivity index (χ4n) is 3.79. The van der Waals surface area contributed by atoms with Crippen LogP contribution in [0.5, 0.6) is 0 Å². The van der Waals surface area contributed by atoms with Crippen LogP contribution in [0.2, 0.25) is 0 Å². The minimum absolute atomic E-state index is 0. The Morgan fingerprint density at radius 3 is 2.81 bits per heavy atom. The largest absolute Gasteiger partial charge is 0.352 e. The first kappa shape index (κ1) is 19.4. The summed E-state index contributed by atoms with van der Waals surface area (Å²) in [6, 6.07) is 11.7. The number of nitrogens with one attached hydrogen (secondary N) is 2. The molecule has 2 aliphatic rings. The second-order valence-corrected chi connectivity index (χ2v) is 7.32. The van der Waals surface area contributed by atoms with Gasteiger partial charge in [-0.05, 0) is 30.2 Å². The minimum atomic E-state index is 0. The van der Waals surface area contributed by atoms with Crippen molar-refractivity contribution in [1.29, 1.82) is 0 Å². The molecule has 2 fully saturated rings. The Morgan fingerprint density at radius 2 is 2.04 bits per heavy atom. The van der Waals surface area contributed by atoms with Crippen LogP contribution in [-0.4, -0.2) is 48.1 Å². The summed E-state index contributed by atoms with van der Waals surface area (Å²) in [5.74, 6) is 1.51. The zero-order chi connectivity index (χ0) is 17.2. The molecule has 2 atom stereocenters. The van der Waals surface area contributed by atoms with Crippen molar-refractivity contribution >= 4 is 40.7 Å². The van der Waals surface area contributed by atoms with E-state index in [1.54, 1.807) is 0 Å². The maximum absolute atomic E-state index is 4.55. The summed E-state index contributed by atoms with van der Waals surface area (Å²) in [6.07, 6.45) is 4.63. The summed E-state index contributed by atoms with van der Waals surface area (Å²) in [5.41, 5.74) is 1.06. The van der Waals surface area contributed by atoms with Crippen LogP contribution in [0.25, 0.3) is 10.8 Å². The predicted octanol–water partition coefficient (Wildman–Crippen LogP) is 3.00. The van der Waals surface area contributed by atoms with E-state index in [9.17, 15) is 0 Å². The molecular weight excluding hydrogens is 437 g/mol. The molecule has 1 saturated carbocycles. The molecule has 2 N–H and O–H groups in total. The lowest BCUT2D eigenvalue weighted by atomic mass is 10.1. The van der Waals surface area contributed by atoms with Crippen LogP contribution in [0.15, 0.2) is 41.5 Å². The van der Waals surface area contributed by atoms with Crippen LogP contribution in [0.4, 0.5) is 0 Å². The molecule has 1 aliphatic heterocycles. The molecule has 2 unspecified atom stereocenters. The topological polar surface area (TPSA) is 52.6 Å². The monoisotopic (exact) mass is 465 g/mol. The highest BCUT2D eigenvalue weighted by molar-refractivity contribution is 14.0. The van der Waals surface area contributed by atoms with Gasteiger partial charge in [0.1, 0.15) is 0 Å². The van der Waals surface area contributed by atoms with E-state index in [-0.39, 0.29) is 24.0 Å². The van der Waals surface area contributed by atoms with Gasteiger partial charge in [-0.15, -0.1) is 24.0 Å². The zero-order valence-corrected chi connectivity index (χ0v) is 17.8. The molecule has 2 heterocycles. The van der Waals surface area contributed by atoms with Crippen molar-refractivity contribution in [1.82, 2.24) is 20.5 Å². The number of hydrogen-bond donors (Lipinski definition) is 2. The molecule has 1 aromatic carbocycles. The van der Waals surface area contributed by atoms with E-state index < -0.39 is 0 Å². The Kier molecular flexibility index (Phi) is 6.34. The Labute approximate surface area is 172 Å². The molecule has 0 amide bonds. The maximum Gasteiger partial charge on any atom is 0.191 e. The lowest BCUT2D eigenvalue weighted by Gasteiger charge is -2.20. The fraction of sp³-hybridized carbons (Fsp3) is 0.500. The van der Waals surface area contributed by atoms with E-state index in [4.69, 9.17) is 0 Å². The normalized spacial score (nSPS) is 23.7. The first-order valence-electron chi connectivity index (χ1n) is 9.28. The third kappa shape index (κ3) is 4.28. The molecule has 5 nitrogen and oxygen atoms in total. The highest BCUT2D eigenvalue weighted by Crippen LogP contribution is 2.31. The van der Waals surface area contributed by atoms with Crippen LogP contribution in [-0.2, 0) is 6.54 Å². The summed E-state index contributed by atoms with van der Waals surface area (Å²) < 4.78 is 0. The highest BCUT2D eigenvalue weighted by atomic mass is 127. The lowest BCUT2D eigenvalue weighted by molar-refractivity contribution is 0.315. The Hall–Kier alpha value is -1.41. The van der Waals surface area contributed by atoms with Crippen molar-refractivity contribution in [2.75, 3.05) is 20.1 Å². The molecule has 0 spiro atoms. The van der Waals surface area contributed by atoms with Gasteiger partial charge in [0.15, 0.2) is 5.96 Å². The molecule has 6 heteroatoms. The van der Waals surface area contributed by atoms with Crippen molar-refractivity contribution in [3.63, 3.8) is 0 Å². The average Bonchev–Trinajstić information content (AvgIpc) is 3.43. The summed E-state index contributed by atoms with van der Waals surface area (Å²) in [4.78, 5) is 11.6. The van der Waals surface area contributed by atoms with Crippen molar-refractivity contribution in [3.05, 3.63) is 42.2 Å². The zero-order valence-electron chi connectivity index (χ0n) is 15.5. The number of aliphatic imine (C=N–C) groups is 1. The summed E-state index contributed by atoms with van der Waals surface area (Å²) in [7, 11) is 1.84. The highest BCUT2D eigenvalue weighted by Gasteiger charge is 2.38. The molecule has 26 heavy (non-hydrogen) atoms. The summed E-state index contributed by atoms with van der Waals surface area (Å²) in [5, 5.41) is 9.48.